The molecule has 1 heterocycles. The third-order valence-electron chi connectivity index (χ3n) is 4.96. The Labute approximate surface area is 165 Å². The SMILES string of the molecule is COc1cc([C@@H](C2CCC2)N2CCNCC2)c(OC)cc1Br.Cl.Cl. The van der Waals surface area contributed by atoms with E-state index in [1.54, 1.807) is 14.2 Å². The first-order valence-corrected chi connectivity index (χ1v) is 8.90. The molecular formula is C17H27BrCl2N2O2. The van der Waals surface area contributed by atoms with Crippen LogP contribution in [0.4, 0.5) is 0 Å². The smallest absolute Gasteiger partial charge is 0.133 e. The summed E-state index contributed by atoms with van der Waals surface area (Å²) in [4.78, 5) is 2.62. The van der Waals surface area contributed by atoms with E-state index in [4.69, 9.17) is 9.47 Å². The second-order valence-electron chi connectivity index (χ2n) is 6.15. The lowest BCUT2D eigenvalue weighted by molar-refractivity contribution is 0.0817. The Morgan fingerprint density at radius 2 is 1.71 bits per heavy atom. The molecule has 0 radical (unpaired) electrons. The Balaban J connectivity index is 0.00000144. The normalized spacial score (nSPS) is 19.5. The van der Waals surface area contributed by atoms with Gasteiger partial charge in [0, 0.05) is 37.8 Å². The number of piperazine rings is 1. The van der Waals surface area contributed by atoms with E-state index in [9.17, 15) is 0 Å². The van der Waals surface area contributed by atoms with Crippen molar-refractivity contribution in [3.63, 3.8) is 0 Å². The van der Waals surface area contributed by atoms with Crippen molar-refractivity contribution in [3.8, 4) is 11.5 Å². The van der Waals surface area contributed by atoms with Crippen LogP contribution in [0.15, 0.2) is 16.6 Å². The number of ether oxygens (including phenoxy) is 2. The minimum absolute atomic E-state index is 0. The summed E-state index contributed by atoms with van der Waals surface area (Å²) < 4.78 is 12.2. The Morgan fingerprint density at radius 3 is 2.21 bits per heavy atom. The highest BCUT2D eigenvalue weighted by atomic mass is 79.9. The first-order chi connectivity index (χ1) is 10.7. The molecule has 138 valence electrons. The lowest BCUT2D eigenvalue weighted by Gasteiger charge is -2.43. The van der Waals surface area contributed by atoms with E-state index >= 15 is 0 Å². The Hall–Kier alpha value is -0.200. The van der Waals surface area contributed by atoms with Gasteiger partial charge < -0.3 is 14.8 Å². The van der Waals surface area contributed by atoms with E-state index in [0.29, 0.717) is 6.04 Å². The van der Waals surface area contributed by atoms with Gasteiger partial charge in [0.15, 0.2) is 0 Å². The van der Waals surface area contributed by atoms with Crippen LogP contribution < -0.4 is 14.8 Å². The number of halogens is 3. The highest BCUT2D eigenvalue weighted by Crippen LogP contribution is 2.46. The third kappa shape index (κ3) is 4.50. The van der Waals surface area contributed by atoms with Crippen LogP contribution in [0.2, 0.25) is 0 Å². The molecule has 1 atom stereocenters. The van der Waals surface area contributed by atoms with Gasteiger partial charge in [-0.3, -0.25) is 4.90 Å². The molecule has 1 aliphatic heterocycles. The Kier molecular flexibility index (Phi) is 9.17. The fraction of sp³-hybridized carbons (Fsp3) is 0.647. The van der Waals surface area contributed by atoms with Gasteiger partial charge in [-0.1, -0.05) is 6.42 Å². The number of nitrogens with one attached hydrogen (secondary N) is 1. The predicted molar refractivity (Wildman–Crippen MR) is 106 cm³/mol. The molecule has 1 aliphatic carbocycles. The number of hydrogen-bond acceptors (Lipinski definition) is 4. The molecule has 3 rings (SSSR count). The number of rotatable bonds is 5. The van der Waals surface area contributed by atoms with Crippen molar-refractivity contribution in [2.45, 2.75) is 25.3 Å². The van der Waals surface area contributed by atoms with Gasteiger partial charge in [-0.2, -0.15) is 0 Å². The number of nitrogens with zero attached hydrogens (tertiary/aromatic N) is 1. The monoisotopic (exact) mass is 440 g/mol. The summed E-state index contributed by atoms with van der Waals surface area (Å²) in [6.45, 7) is 4.34. The molecule has 2 fully saturated rings. The van der Waals surface area contributed by atoms with E-state index in [-0.39, 0.29) is 24.8 Å². The van der Waals surface area contributed by atoms with Crippen molar-refractivity contribution in [3.05, 3.63) is 22.2 Å². The maximum absolute atomic E-state index is 5.69. The topological polar surface area (TPSA) is 33.7 Å². The summed E-state index contributed by atoms with van der Waals surface area (Å²) in [6.07, 6.45) is 3.98. The molecule has 1 aromatic rings. The first-order valence-electron chi connectivity index (χ1n) is 8.10. The molecule has 0 bridgehead atoms. The minimum Gasteiger partial charge on any atom is -0.496 e. The van der Waals surface area contributed by atoms with Crippen molar-refractivity contribution in [1.29, 1.82) is 0 Å². The molecule has 24 heavy (non-hydrogen) atoms. The maximum atomic E-state index is 5.69. The Bertz CT molecular complexity index is 524. The summed E-state index contributed by atoms with van der Waals surface area (Å²) in [5, 5.41) is 3.45. The van der Waals surface area contributed by atoms with Crippen LogP contribution >= 0.6 is 40.7 Å². The number of methoxy groups -OCH3 is 2. The van der Waals surface area contributed by atoms with Gasteiger partial charge in [-0.25, -0.2) is 0 Å². The summed E-state index contributed by atoms with van der Waals surface area (Å²) >= 11 is 3.57. The zero-order valence-electron chi connectivity index (χ0n) is 14.2. The van der Waals surface area contributed by atoms with Crippen molar-refractivity contribution >= 4 is 40.7 Å². The van der Waals surface area contributed by atoms with E-state index < -0.39 is 0 Å². The van der Waals surface area contributed by atoms with Crippen molar-refractivity contribution in [2.75, 3.05) is 40.4 Å². The van der Waals surface area contributed by atoms with Gasteiger partial charge in [0.25, 0.3) is 0 Å². The summed E-state index contributed by atoms with van der Waals surface area (Å²) in [5.41, 5.74) is 1.27. The van der Waals surface area contributed by atoms with Crippen LogP contribution in [-0.2, 0) is 0 Å². The zero-order valence-corrected chi connectivity index (χ0v) is 17.4. The largest absolute Gasteiger partial charge is 0.496 e. The van der Waals surface area contributed by atoms with Crippen LogP contribution in [0.3, 0.4) is 0 Å². The highest BCUT2D eigenvalue weighted by molar-refractivity contribution is 9.10. The number of hydrogen-bond donors (Lipinski definition) is 1. The molecule has 7 heteroatoms. The van der Waals surface area contributed by atoms with E-state index in [1.165, 1.54) is 24.8 Å². The van der Waals surface area contributed by atoms with Gasteiger partial charge in [0.2, 0.25) is 0 Å². The summed E-state index contributed by atoms with van der Waals surface area (Å²) in [7, 11) is 3.48. The van der Waals surface area contributed by atoms with Crippen molar-refractivity contribution in [1.82, 2.24) is 10.2 Å². The van der Waals surface area contributed by atoms with Gasteiger partial charge in [-0.15, -0.1) is 24.8 Å². The molecule has 0 unspecified atom stereocenters. The average molecular weight is 442 g/mol. The average Bonchev–Trinajstić information content (AvgIpc) is 2.51. The third-order valence-corrected chi connectivity index (χ3v) is 5.58. The summed E-state index contributed by atoms with van der Waals surface area (Å²) in [5.74, 6) is 2.58. The second kappa shape index (κ2) is 10.1. The molecule has 2 aliphatic rings. The van der Waals surface area contributed by atoms with Crippen molar-refractivity contribution in [2.24, 2.45) is 5.92 Å². The van der Waals surface area contributed by atoms with Crippen LogP contribution in [0.1, 0.15) is 30.9 Å². The molecule has 0 amide bonds. The zero-order chi connectivity index (χ0) is 15.5. The van der Waals surface area contributed by atoms with Crippen LogP contribution in [-0.4, -0.2) is 45.3 Å². The lowest BCUT2D eigenvalue weighted by Crippen LogP contribution is -2.47. The van der Waals surface area contributed by atoms with Gasteiger partial charge in [0.1, 0.15) is 11.5 Å². The molecule has 0 spiro atoms. The number of benzene rings is 1. The molecule has 1 saturated carbocycles. The molecule has 0 aromatic heterocycles. The first kappa shape index (κ1) is 21.8. The minimum atomic E-state index is 0. The van der Waals surface area contributed by atoms with E-state index in [2.05, 4.69) is 32.2 Å². The van der Waals surface area contributed by atoms with Gasteiger partial charge >= 0.3 is 0 Å². The predicted octanol–water partition coefficient (Wildman–Crippen LogP) is 4.06. The van der Waals surface area contributed by atoms with Gasteiger partial charge in [-0.05, 0) is 46.8 Å². The molecule has 1 N–H and O–H groups in total. The summed E-state index contributed by atoms with van der Waals surface area (Å²) in [6, 6.07) is 4.64. The fourth-order valence-electron chi connectivity index (χ4n) is 3.58. The van der Waals surface area contributed by atoms with Gasteiger partial charge in [0.05, 0.1) is 18.7 Å². The van der Waals surface area contributed by atoms with Crippen molar-refractivity contribution < 1.29 is 9.47 Å². The Morgan fingerprint density at radius 1 is 1.08 bits per heavy atom. The molecule has 1 aromatic carbocycles. The molecular weight excluding hydrogens is 415 g/mol. The van der Waals surface area contributed by atoms with E-state index in [1.807, 2.05) is 6.07 Å². The maximum Gasteiger partial charge on any atom is 0.133 e. The molecule has 1 saturated heterocycles. The lowest BCUT2D eigenvalue weighted by atomic mass is 9.76. The fourth-order valence-corrected chi connectivity index (χ4v) is 4.06. The molecule has 4 nitrogen and oxygen atoms in total. The highest BCUT2D eigenvalue weighted by Gasteiger charge is 2.35. The second-order valence-corrected chi connectivity index (χ2v) is 7.00. The quantitative estimate of drug-likeness (QED) is 0.746. The van der Waals surface area contributed by atoms with E-state index in [0.717, 1.165) is 48.1 Å². The van der Waals surface area contributed by atoms with Crippen LogP contribution in [0.5, 0.6) is 11.5 Å². The van der Waals surface area contributed by atoms with Crippen LogP contribution in [0, 0.1) is 5.92 Å². The standard InChI is InChI=1S/C17H25BrN2O2.2ClH/c1-21-15-11-14(18)16(22-2)10-13(15)17(12-4-3-5-12)20-8-6-19-7-9-20;;/h10-12,17,19H,3-9H2,1-2H3;2*1H/t17-;;/m1../s1. The van der Waals surface area contributed by atoms with Crippen LogP contribution in [0.25, 0.3) is 0 Å².